The van der Waals surface area contributed by atoms with Crippen molar-refractivity contribution in [2.24, 2.45) is 0 Å². The molecule has 0 spiro atoms. The van der Waals surface area contributed by atoms with E-state index in [1.54, 1.807) is 0 Å². The van der Waals surface area contributed by atoms with Crippen molar-refractivity contribution in [1.82, 2.24) is 21.3 Å². The molecule has 50 atom stereocenters. The number of hydrogen-bond acceptors (Lipinski definition) is 54. The summed E-state index contributed by atoms with van der Waals surface area (Å²) in [7, 11) is -11.1. The molecule has 10 fully saturated rings. The number of hydrogen-bond donors (Lipinski definition) is 31. The Hall–Kier alpha value is -4.14. The second kappa shape index (κ2) is 46.1. The standard InChI is InChI=1S/C68H114N4O56S2/c1-15-33(84)43(94)46(97)63(110-15)108-14-28-53(39(90)29(59(101)111-28)69-16(2)80)120-60-30(70-17(3)81)40(91)50(24(10-77)116-60)121-64-47(98)54(124-68-58(45(96)35(86)21(7-74)115-68)126-62-32(72-19(5)83)42(93)52(26(12-79)118-62)123-66-49(100)56(128-130(105,106)107)37(88)23(9-76)113-66)38(89)27(119-64)13-109-67-57(44(95)34(85)20(6-73)114-67)125-61-31(71-18(4)82)41(92)51(25(11-78)117-61)122-65-48(99)55(127-129(102,103)104)36(87)22(8-75)112-65/h15,20-68,73-79,84-101H,6-14H2,1-5H3,(H,69,80)(H,70,81)(H,71,82)(H,72,83)(H,102,103,104)(H,105,106,107)/t15-,20+,21+,22+,23+,24+,25+,26+,27+,28+,29+,30+,31+,32-,33+,34+,35+,36-,37-,38+,39+,40+,41+,42+,43+,44-,45-,46-,47-,48+,49+,50+,51+,52+,53+,54-,55-,56-,57-,58-,59?,60-,61-,62-,63+,64-,65-,66-,67-,68+/m0/s1. The largest absolute Gasteiger partial charge is 0.397 e. The Morgan fingerprint density at radius 2 is 0.531 bits per heavy atom. The summed E-state index contributed by atoms with van der Waals surface area (Å²) in [4.78, 5) is 51.9. The zero-order valence-electron chi connectivity index (χ0n) is 69.0. The molecule has 62 heteroatoms. The lowest BCUT2D eigenvalue weighted by Gasteiger charge is -2.51. The molecule has 0 aromatic rings. The molecule has 0 aromatic carbocycles. The van der Waals surface area contributed by atoms with Crippen LogP contribution >= 0.6 is 0 Å². The fourth-order valence-electron chi connectivity index (χ4n) is 16.3. The number of ether oxygens (including phenoxy) is 19. The summed E-state index contributed by atoms with van der Waals surface area (Å²) < 4.78 is 188. The molecule has 754 valence electrons. The highest BCUT2D eigenvalue weighted by Crippen LogP contribution is 2.41. The van der Waals surface area contributed by atoms with Gasteiger partial charge in [-0.05, 0) is 6.92 Å². The molecular formula is C68H114N4O56S2. The van der Waals surface area contributed by atoms with Crippen LogP contribution in [0.2, 0.25) is 0 Å². The lowest BCUT2D eigenvalue weighted by molar-refractivity contribution is -0.399. The smallest absolute Gasteiger partial charge is 0.394 e. The predicted octanol–water partition coefficient (Wildman–Crippen LogP) is -21.5. The molecule has 10 aliphatic rings. The van der Waals surface area contributed by atoms with Crippen LogP contribution in [-0.4, -0.2) is 544 Å². The van der Waals surface area contributed by atoms with Crippen LogP contribution in [-0.2, 0) is 138 Å². The Morgan fingerprint density at radius 3 is 0.908 bits per heavy atom. The van der Waals surface area contributed by atoms with Crippen LogP contribution in [0.3, 0.4) is 0 Å². The Balaban J connectivity index is 0.990. The average molecular weight is 1950 g/mol. The van der Waals surface area contributed by atoms with Crippen molar-refractivity contribution in [2.45, 2.75) is 341 Å². The molecule has 31 N–H and O–H groups in total. The normalized spacial score (nSPS) is 47.6. The van der Waals surface area contributed by atoms with E-state index in [-0.39, 0.29) is 0 Å². The maximum Gasteiger partial charge on any atom is 0.397 e. The maximum absolute atomic E-state index is 13.3. The van der Waals surface area contributed by atoms with Crippen LogP contribution in [0.25, 0.3) is 0 Å². The number of aliphatic hydroxyl groups excluding tert-OH is 25. The van der Waals surface area contributed by atoms with Gasteiger partial charge in [0.15, 0.2) is 62.9 Å². The number of carbonyl (C=O) groups is 4. The lowest BCUT2D eigenvalue weighted by Crippen LogP contribution is -2.71. The maximum atomic E-state index is 13.3. The van der Waals surface area contributed by atoms with E-state index in [1.807, 2.05) is 0 Å². The first kappa shape index (κ1) is 108. The third-order valence-corrected chi connectivity index (χ3v) is 23.8. The van der Waals surface area contributed by atoms with E-state index >= 15 is 0 Å². The average Bonchev–Trinajstić information content (AvgIpc) is 0.767. The van der Waals surface area contributed by atoms with Gasteiger partial charge in [-0.25, -0.2) is 8.37 Å². The zero-order chi connectivity index (χ0) is 96.2. The van der Waals surface area contributed by atoms with Crippen LogP contribution in [0.4, 0.5) is 0 Å². The number of nitrogens with one attached hydrogen (secondary N) is 4. The van der Waals surface area contributed by atoms with Gasteiger partial charge in [0.1, 0.15) is 238 Å². The highest BCUT2D eigenvalue weighted by atomic mass is 32.3. The van der Waals surface area contributed by atoms with Gasteiger partial charge in [-0.2, -0.15) is 16.8 Å². The molecule has 1 unspecified atom stereocenters. The quantitative estimate of drug-likeness (QED) is 0.0262. The lowest BCUT2D eigenvalue weighted by atomic mass is 9.93. The Bertz CT molecular complexity index is 3850. The van der Waals surface area contributed by atoms with Gasteiger partial charge >= 0.3 is 20.8 Å². The minimum Gasteiger partial charge on any atom is -0.394 e. The number of rotatable bonds is 35. The van der Waals surface area contributed by atoms with Gasteiger partial charge in [-0.15, -0.1) is 0 Å². The number of carbonyl (C=O) groups excluding carboxylic acids is 4. The Labute approximate surface area is 735 Å². The summed E-state index contributed by atoms with van der Waals surface area (Å²) in [6.07, 6.45) is -101. The molecule has 4 amide bonds. The first-order chi connectivity index (χ1) is 61.0. The minimum atomic E-state index is -5.54. The van der Waals surface area contributed by atoms with Crippen molar-refractivity contribution in [3.63, 3.8) is 0 Å². The van der Waals surface area contributed by atoms with Crippen molar-refractivity contribution in [3.8, 4) is 0 Å². The van der Waals surface area contributed by atoms with E-state index in [2.05, 4.69) is 29.6 Å². The molecule has 0 radical (unpaired) electrons. The van der Waals surface area contributed by atoms with Crippen LogP contribution in [0.5, 0.6) is 0 Å². The molecule has 10 rings (SSSR count). The van der Waals surface area contributed by atoms with E-state index in [0.29, 0.717) is 0 Å². The van der Waals surface area contributed by atoms with Crippen molar-refractivity contribution in [2.75, 3.05) is 59.5 Å². The van der Waals surface area contributed by atoms with Crippen LogP contribution in [0.15, 0.2) is 0 Å². The van der Waals surface area contributed by atoms with Gasteiger partial charge in [-0.1, -0.05) is 0 Å². The van der Waals surface area contributed by atoms with Gasteiger partial charge in [0.2, 0.25) is 23.6 Å². The molecule has 10 heterocycles. The fourth-order valence-corrected chi connectivity index (χ4v) is 17.3. The predicted molar refractivity (Wildman–Crippen MR) is 395 cm³/mol. The van der Waals surface area contributed by atoms with Gasteiger partial charge in [-0.3, -0.25) is 28.3 Å². The van der Waals surface area contributed by atoms with Crippen molar-refractivity contribution >= 4 is 44.4 Å². The van der Waals surface area contributed by atoms with Crippen LogP contribution in [0, 0.1) is 0 Å². The first-order valence-corrected chi connectivity index (χ1v) is 43.0. The first-order valence-electron chi connectivity index (χ1n) is 40.3. The van der Waals surface area contributed by atoms with Crippen LogP contribution in [0.1, 0.15) is 34.6 Å². The van der Waals surface area contributed by atoms with E-state index in [0.717, 1.165) is 27.7 Å². The van der Waals surface area contributed by atoms with E-state index in [4.69, 9.17) is 90.0 Å². The number of amides is 4. The highest BCUT2D eigenvalue weighted by molar-refractivity contribution is 7.81. The van der Waals surface area contributed by atoms with Gasteiger partial charge in [0, 0.05) is 27.7 Å². The molecule has 0 aromatic heterocycles. The van der Waals surface area contributed by atoms with Gasteiger partial charge in [0.05, 0.1) is 65.6 Å². The third-order valence-electron chi connectivity index (χ3n) is 22.8. The highest BCUT2D eigenvalue weighted by Gasteiger charge is 2.62. The third kappa shape index (κ3) is 24.9. The second-order valence-electron chi connectivity index (χ2n) is 32.0. The van der Waals surface area contributed by atoms with E-state index < -0.39 is 411 Å². The fraction of sp³-hybridized carbons (Fsp3) is 0.941. The SMILES string of the molecule is CC(=O)N[C@@H]1[C@H](O[C@@H]2[C@@H](O[C@@H]3[C@H](O)[C@H](O[C@H]4[C@H](O)[C@@H](NC(C)=O)[C@H](O[C@H]5[C@H](O)[C@@H](NC(C)=O)C(O)O[C@@H]5CO[C@@H]5O[C@@H](C)[C@@H](O)[C@@H](O)[C@@H]5O)O[C@@H]4CO)O[C@H](CO[C@H]4O[C@H](CO)[C@@H](O)[C@H](O)[C@@H]4O[C@@H]4O[C@H](CO)[C@@H](O[C@@H]5O[C@H](CO)[C@H](O)[C@H](OS(=O)(=O)O)[C@H]5O)[C@H](O)[C@H]4NC(C)=O)[C@H]3O)O[C@H](CO)[C@@H](O)[C@@H]2O)O[C@H](CO)[C@@H](O[C@@H]2O[C@H](CO)[C@H](O)[C@H](OS(=O)(=O)O)[C@H]2O)[C@@H]1O. The summed E-state index contributed by atoms with van der Waals surface area (Å²) >= 11 is 0. The van der Waals surface area contributed by atoms with Gasteiger partial charge in [0.25, 0.3) is 0 Å². The summed E-state index contributed by atoms with van der Waals surface area (Å²) in [6.45, 7) is -5.99. The molecular weight excluding hydrogens is 1830 g/mol. The summed E-state index contributed by atoms with van der Waals surface area (Å²) in [5.41, 5.74) is 0. The monoisotopic (exact) mass is 1950 g/mol. The number of aliphatic hydroxyl groups is 25. The minimum absolute atomic E-state index is 0.855. The molecule has 60 nitrogen and oxygen atoms in total. The molecule has 0 aliphatic carbocycles. The van der Waals surface area contributed by atoms with Crippen molar-refractivity contribution < 1.29 is 271 Å². The summed E-state index contributed by atoms with van der Waals surface area (Å²) in [6, 6.07) is -8.04. The molecule has 130 heavy (non-hydrogen) atoms. The van der Waals surface area contributed by atoms with E-state index in [1.165, 1.54) is 6.92 Å². The topological polar surface area (TPSA) is 925 Å². The second-order valence-corrected chi connectivity index (χ2v) is 34.1. The molecule has 0 saturated carbocycles. The van der Waals surface area contributed by atoms with Crippen LogP contribution < -0.4 is 21.3 Å². The van der Waals surface area contributed by atoms with Gasteiger partial charge < -0.3 is 239 Å². The molecule has 10 saturated heterocycles. The molecule has 0 bridgehead atoms. The van der Waals surface area contributed by atoms with Crippen molar-refractivity contribution in [3.05, 3.63) is 0 Å². The summed E-state index contributed by atoms with van der Waals surface area (Å²) in [5.74, 6) is -4.00. The Morgan fingerprint density at radius 1 is 0.254 bits per heavy atom. The molecule has 10 aliphatic heterocycles. The van der Waals surface area contributed by atoms with E-state index in [9.17, 15) is 173 Å². The Kier molecular flexibility index (Phi) is 38.3. The summed E-state index contributed by atoms with van der Waals surface area (Å²) in [5, 5.41) is 291. The van der Waals surface area contributed by atoms with Crippen molar-refractivity contribution in [1.29, 1.82) is 0 Å². The zero-order valence-corrected chi connectivity index (χ0v) is 70.6.